The molecular formula is C11H8BrFN2. The average Bonchev–Trinajstić information content (AvgIpc) is 2.23. The van der Waals surface area contributed by atoms with Crippen molar-refractivity contribution >= 4 is 21.7 Å². The van der Waals surface area contributed by atoms with E-state index in [1.54, 1.807) is 24.4 Å². The van der Waals surface area contributed by atoms with Gasteiger partial charge in [0.2, 0.25) is 0 Å². The quantitative estimate of drug-likeness (QED) is 0.861. The van der Waals surface area contributed by atoms with Crippen molar-refractivity contribution in [1.29, 1.82) is 0 Å². The number of rotatable bonds is 1. The van der Waals surface area contributed by atoms with Gasteiger partial charge in [-0.25, -0.2) is 9.37 Å². The Labute approximate surface area is 95.1 Å². The molecule has 2 aromatic rings. The van der Waals surface area contributed by atoms with Crippen molar-refractivity contribution < 1.29 is 4.39 Å². The molecule has 2 nitrogen and oxygen atoms in total. The SMILES string of the molecule is Nc1cc(-c2ccc(F)cc2)c(Br)cn1. The number of nitrogen functional groups attached to an aromatic ring is 1. The zero-order chi connectivity index (χ0) is 10.8. The molecule has 4 heteroatoms. The molecule has 76 valence electrons. The van der Waals surface area contributed by atoms with Crippen LogP contribution in [0.2, 0.25) is 0 Å². The Balaban J connectivity index is 2.53. The number of nitrogens with zero attached hydrogens (tertiary/aromatic N) is 1. The van der Waals surface area contributed by atoms with Gasteiger partial charge in [-0.3, -0.25) is 0 Å². The van der Waals surface area contributed by atoms with Crippen molar-refractivity contribution in [2.24, 2.45) is 0 Å². The van der Waals surface area contributed by atoms with Crippen LogP contribution in [0.3, 0.4) is 0 Å². The zero-order valence-electron chi connectivity index (χ0n) is 7.74. The van der Waals surface area contributed by atoms with Crippen LogP contribution in [0.15, 0.2) is 41.0 Å². The molecule has 15 heavy (non-hydrogen) atoms. The predicted molar refractivity (Wildman–Crippen MR) is 61.7 cm³/mol. The van der Waals surface area contributed by atoms with E-state index in [4.69, 9.17) is 5.73 Å². The molecular weight excluding hydrogens is 259 g/mol. The predicted octanol–water partition coefficient (Wildman–Crippen LogP) is 3.23. The Morgan fingerprint density at radius 3 is 2.53 bits per heavy atom. The number of hydrogen-bond acceptors (Lipinski definition) is 2. The standard InChI is InChI=1S/C11H8BrFN2/c12-10-6-15-11(14)5-9(10)7-1-3-8(13)4-2-7/h1-6H,(H2,14,15). The number of halogens is 2. The molecule has 2 rings (SSSR count). The average molecular weight is 267 g/mol. The summed E-state index contributed by atoms with van der Waals surface area (Å²) >= 11 is 3.37. The fourth-order valence-electron chi connectivity index (χ4n) is 1.31. The van der Waals surface area contributed by atoms with Gasteiger partial charge in [-0.15, -0.1) is 0 Å². The number of aromatic nitrogens is 1. The summed E-state index contributed by atoms with van der Waals surface area (Å²) in [4.78, 5) is 3.94. The van der Waals surface area contributed by atoms with Gasteiger partial charge in [-0.2, -0.15) is 0 Å². The Morgan fingerprint density at radius 2 is 1.87 bits per heavy atom. The molecule has 0 saturated carbocycles. The second kappa shape index (κ2) is 3.98. The second-order valence-electron chi connectivity index (χ2n) is 3.10. The molecule has 0 aliphatic rings. The van der Waals surface area contributed by atoms with Crippen molar-refractivity contribution in [3.05, 3.63) is 46.8 Å². The van der Waals surface area contributed by atoms with Gasteiger partial charge in [-0.1, -0.05) is 12.1 Å². The minimum Gasteiger partial charge on any atom is -0.384 e. The van der Waals surface area contributed by atoms with E-state index in [1.807, 2.05) is 0 Å². The summed E-state index contributed by atoms with van der Waals surface area (Å²) in [6.07, 6.45) is 1.63. The Morgan fingerprint density at radius 1 is 1.20 bits per heavy atom. The van der Waals surface area contributed by atoms with Crippen molar-refractivity contribution in [2.45, 2.75) is 0 Å². The van der Waals surface area contributed by atoms with Crippen LogP contribution in [0.25, 0.3) is 11.1 Å². The van der Waals surface area contributed by atoms with Crippen LogP contribution >= 0.6 is 15.9 Å². The van der Waals surface area contributed by atoms with E-state index in [2.05, 4.69) is 20.9 Å². The molecule has 1 aromatic heterocycles. The van der Waals surface area contributed by atoms with Crippen molar-refractivity contribution in [2.75, 3.05) is 5.73 Å². The Bertz CT molecular complexity index is 482. The van der Waals surface area contributed by atoms with Crippen molar-refractivity contribution in [1.82, 2.24) is 4.98 Å². The third-order valence-corrected chi connectivity index (χ3v) is 2.66. The number of nitrogens with two attached hydrogens (primary N) is 1. The number of anilines is 1. The van der Waals surface area contributed by atoms with Gasteiger partial charge >= 0.3 is 0 Å². The van der Waals surface area contributed by atoms with Crippen LogP contribution in [-0.2, 0) is 0 Å². The summed E-state index contributed by atoms with van der Waals surface area (Å²) in [5, 5.41) is 0. The number of pyridine rings is 1. The maximum Gasteiger partial charge on any atom is 0.123 e. The highest BCUT2D eigenvalue weighted by molar-refractivity contribution is 9.10. The lowest BCUT2D eigenvalue weighted by atomic mass is 10.1. The highest BCUT2D eigenvalue weighted by atomic mass is 79.9. The smallest absolute Gasteiger partial charge is 0.123 e. The molecule has 0 fully saturated rings. The van der Waals surface area contributed by atoms with Crippen LogP contribution in [0.4, 0.5) is 10.2 Å². The topological polar surface area (TPSA) is 38.9 Å². The van der Waals surface area contributed by atoms with Crippen LogP contribution in [0.5, 0.6) is 0 Å². The zero-order valence-corrected chi connectivity index (χ0v) is 9.33. The molecule has 1 aromatic carbocycles. The first-order valence-electron chi connectivity index (χ1n) is 4.34. The third-order valence-electron chi connectivity index (χ3n) is 2.03. The summed E-state index contributed by atoms with van der Waals surface area (Å²) in [7, 11) is 0. The summed E-state index contributed by atoms with van der Waals surface area (Å²) in [6.45, 7) is 0. The first kappa shape index (κ1) is 10.1. The van der Waals surface area contributed by atoms with Gasteiger partial charge in [0.05, 0.1) is 0 Å². The molecule has 2 N–H and O–H groups in total. The fraction of sp³-hybridized carbons (Fsp3) is 0. The molecule has 0 radical (unpaired) electrons. The van der Waals surface area contributed by atoms with Gasteiger partial charge in [0.1, 0.15) is 11.6 Å². The van der Waals surface area contributed by atoms with Crippen LogP contribution < -0.4 is 5.73 Å². The Kier molecular flexibility index (Phi) is 2.68. The normalized spacial score (nSPS) is 10.3. The molecule has 0 aliphatic carbocycles. The minimum atomic E-state index is -0.253. The maximum absolute atomic E-state index is 12.7. The lowest BCUT2D eigenvalue weighted by molar-refractivity contribution is 0.628. The number of benzene rings is 1. The van der Waals surface area contributed by atoms with E-state index in [0.717, 1.165) is 15.6 Å². The first-order valence-corrected chi connectivity index (χ1v) is 5.13. The molecule has 0 aliphatic heterocycles. The van der Waals surface area contributed by atoms with Gasteiger partial charge in [0.25, 0.3) is 0 Å². The maximum atomic E-state index is 12.7. The van der Waals surface area contributed by atoms with E-state index in [0.29, 0.717) is 5.82 Å². The molecule has 0 atom stereocenters. The number of hydrogen-bond donors (Lipinski definition) is 1. The minimum absolute atomic E-state index is 0.253. The monoisotopic (exact) mass is 266 g/mol. The van der Waals surface area contributed by atoms with E-state index < -0.39 is 0 Å². The third kappa shape index (κ3) is 2.15. The molecule has 1 heterocycles. The summed E-state index contributed by atoms with van der Waals surface area (Å²) < 4.78 is 13.6. The molecule has 0 spiro atoms. The van der Waals surface area contributed by atoms with Gasteiger partial charge in [0, 0.05) is 16.2 Å². The highest BCUT2D eigenvalue weighted by Gasteiger charge is 2.04. The lowest BCUT2D eigenvalue weighted by Crippen LogP contribution is -1.91. The summed E-state index contributed by atoms with van der Waals surface area (Å²) in [5.41, 5.74) is 7.39. The van der Waals surface area contributed by atoms with Crippen LogP contribution in [0.1, 0.15) is 0 Å². The largest absolute Gasteiger partial charge is 0.384 e. The van der Waals surface area contributed by atoms with Crippen molar-refractivity contribution in [3.63, 3.8) is 0 Å². The second-order valence-corrected chi connectivity index (χ2v) is 3.95. The molecule has 0 unspecified atom stereocenters. The Hall–Kier alpha value is -1.42. The molecule has 0 bridgehead atoms. The summed E-state index contributed by atoms with van der Waals surface area (Å²) in [5.74, 6) is 0.189. The van der Waals surface area contributed by atoms with E-state index >= 15 is 0 Å². The van der Waals surface area contributed by atoms with E-state index in [1.165, 1.54) is 12.1 Å². The highest BCUT2D eigenvalue weighted by Crippen LogP contribution is 2.28. The van der Waals surface area contributed by atoms with Crippen LogP contribution in [0, 0.1) is 5.82 Å². The van der Waals surface area contributed by atoms with E-state index in [9.17, 15) is 4.39 Å². The van der Waals surface area contributed by atoms with Gasteiger partial charge < -0.3 is 5.73 Å². The summed E-state index contributed by atoms with van der Waals surface area (Å²) in [6, 6.07) is 7.98. The molecule has 0 saturated heterocycles. The molecule has 0 amide bonds. The van der Waals surface area contributed by atoms with Crippen LogP contribution in [-0.4, -0.2) is 4.98 Å². The van der Waals surface area contributed by atoms with Gasteiger partial charge in [0.15, 0.2) is 0 Å². The van der Waals surface area contributed by atoms with E-state index in [-0.39, 0.29) is 5.82 Å². The lowest BCUT2D eigenvalue weighted by Gasteiger charge is -2.05. The first-order chi connectivity index (χ1) is 7.16. The van der Waals surface area contributed by atoms with Crippen molar-refractivity contribution in [3.8, 4) is 11.1 Å². The fourth-order valence-corrected chi connectivity index (χ4v) is 1.75. The van der Waals surface area contributed by atoms with Gasteiger partial charge in [-0.05, 0) is 39.7 Å².